The molecular weight excluding hydrogens is 320 g/mol. The minimum absolute atomic E-state index is 0.0752. The Morgan fingerprint density at radius 1 is 1.24 bits per heavy atom. The third kappa shape index (κ3) is 5.49. The van der Waals surface area contributed by atoms with E-state index in [4.69, 9.17) is 4.74 Å². The molecule has 2 fully saturated rings. The first-order valence-electron chi connectivity index (χ1n) is 9.01. The van der Waals surface area contributed by atoms with Crippen molar-refractivity contribution in [1.29, 1.82) is 0 Å². The average molecular weight is 348 g/mol. The van der Waals surface area contributed by atoms with Gasteiger partial charge < -0.3 is 14.7 Å². The maximum Gasteiger partial charge on any atom is 0.241 e. The highest BCUT2D eigenvalue weighted by Crippen LogP contribution is 2.09. The van der Waals surface area contributed by atoms with Crippen LogP contribution < -0.4 is 10.9 Å². The van der Waals surface area contributed by atoms with E-state index in [0.29, 0.717) is 32.8 Å². The van der Waals surface area contributed by atoms with Crippen molar-refractivity contribution >= 4 is 5.91 Å². The first-order chi connectivity index (χ1) is 12.2. The van der Waals surface area contributed by atoms with E-state index < -0.39 is 6.10 Å². The van der Waals surface area contributed by atoms with Gasteiger partial charge in [0.2, 0.25) is 5.91 Å². The van der Waals surface area contributed by atoms with E-state index >= 15 is 0 Å². The van der Waals surface area contributed by atoms with Gasteiger partial charge in [-0.2, -0.15) is 0 Å². The Kier molecular flexibility index (Phi) is 6.77. The van der Waals surface area contributed by atoms with Crippen molar-refractivity contribution in [3.63, 3.8) is 0 Å². The van der Waals surface area contributed by atoms with Crippen LogP contribution in [0.5, 0.6) is 0 Å². The number of rotatable bonds is 6. The lowest BCUT2D eigenvalue weighted by Crippen LogP contribution is -2.48. The minimum atomic E-state index is -0.519. The maximum absolute atomic E-state index is 12.5. The molecule has 7 heteroatoms. The molecule has 1 aromatic rings. The van der Waals surface area contributed by atoms with E-state index in [1.54, 1.807) is 4.90 Å². The Balaban J connectivity index is 1.40. The summed E-state index contributed by atoms with van der Waals surface area (Å²) in [6.45, 7) is 5.16. The van der Waals surface area contributed by atoms with Crippen LogP contribution in [0.3, 0.4) is 0 Å². The minimum Gasteiger partial charge on any atom is -0.390 e. The molecule has 3 rings (SSSR count). The lowest BCUT2D eigenvalue weighted by Gasteiger charge is -2.24. The predicted octanol–water partition coefficient (Wildman–Crippen LogP) is -0.425. The standard InChI is InChI=1S/C18H28N4O3/c23-16-12-21(10-11-25-14-15-4-2-1-3-5-15)8-9-22(13-16)18(24)17-6-7-19-20-17/h1-5,16-17,19-20,23H,6-14H2. The molecule has 138 valence electrons. The number of benzene rings is 1. The van der Waals surface area contributed by atoms with Gasteiger partial charge >= 0.3 is 0 Å². The average Bonchev–Trinajstić information content (AvgIpc) is 3.10. The number of nitrogens with zero attached hydrogens (tertiary/aromatic N) is 2. The van der Waals surface area contributed by atoms with Crippen LogP contribution in [0.2, 0.25) is 0 Å². The van der Waals surface area contributed by atoms with Crippen molar-refractivity contribution < 1.29 is 14.6 Å². The smallest absolute Gasteiger partial charge is 0.241 e. The highest BCUT2D eigenvalue weighted by atomic mass is 16.5. The van der Waals surface area contributed by atoms with Gasteiger partial charge in [0.1, 0.15) is 6.04 Å². The van der Waals surface area contributed by atoms with E-state index in [9.17, 15) is 9.90 Å². The third-order valence-electron chi connectivity index (χ3n) is 4.69. The molecule has 2 aliphatic heterocycles. The summed E-state index contributed by atoms with van der Waals surface area (Å²) in [7, 11) is 0. The predicted molar refractivity (Wildman–Crippen MR) is 94.7 cm³/mol. The zero-order chi connectivity index (χ0) is 17.5. The molecule has 2 saturated heterocycles. The molecule has 0 aliphatic carbocycles. The highest BCUT2D eigenvalue weighted by Gasteiger charge is 2.30. The number of hydrogen-bond donors (Lipinski definition) is 3. The number of amides is 1. The number of nitrogens with one attached hydrogen (secondary N) is 2. The van der Waals surface area contributed by atoms with Crippen molar-refractivity contribution in [3.8, 4) is 0 Å². The molecule has 1 amide bonds. The quantitative estimate of drug-likeness (QED) is 0.606. The van der Waals surface area contributed by atoms with Crippen LogP contribution >= 0.6 is 0 Å². The SMILES string of the molecule is O=C(C1CCNN1)N1CCN(CCOCc2ccccc2)CC(O)C1. The maximum atomic E-state index is 12.5. The summed E-state index contributed by atoms with van der Waals surface area (Å²) in [6.07, 6.45) is 0.276. The van der Waals surface area contributed by atoms with Crippen LogP contribution in [-0.4, -0.2) is 78.8 Å². The van der Waals surface area contributed by atoms with Gasteiger partial charge in [-0.15, -0.1) is 0 Å². The molecule has 2 heterocycles. The van der Waals surface area contributed by atoms with Crippen LogP contribution in [-0.2, 0) is 16.1 Å². The van der Waals surface area contributed by atoms with Crippen molar-refractivity contribution in [2.75, 3.05) is 45.9 Å². The Morgan fingerprint density at radius 2 is 2.08 bits per heavy atom. The number of carbonyl (C=O) groups is 1. The van der Waals surface area contributed by atoms with Crippen LogP contribution in [0.15, 0.2) is 30.3 Å². The van der Waals surface area contributed by atoms with Crippen molar-refractivity contribution in [2.45, 2.75) is 25.2 Å². The van der Waals surface area contributed by atoms with Crippen LogP contribution in [0, 0.1) is 0 Å². The lowest BCUT2D eigenvalue weighted by molar-refractivity contribution is -0.134. The first kappa shape index (κ1) is 18.3. The molecule has 0 saturated carbocycles. The number of carbonyl (C=O) groups excluding carboxylic acids is 1. The summed E-state index contributed by atoms with van der Waals surface area (Å²) in [5, 5.41) is 10.2. The third-order valence-corrected chi connectivity index (χ3v) is 4.69. The molecule has 0 radical (unpaired) electrons. The number of aliphatic hydroxyl groups excluding tert-OH is 1. The van der Waals surface area contributed by atoms with Crippen LogP contribution in [0.4, 0.5) is 0 Å². The molecule has 3 N–H and O–H groups in total. The summed E-state index contributed by atoms with van der Waals surface area (Å²) >= 11 is 0. The number of β-amino-alcohol motifs (C(OH)–C–C–N with tert-alkyl or cyclic N) is 1. The normalized spacial score (nSPS) is 25.1. The second-order valence-corrected chi connectivity index (χ2v) is 6.69. The zero-order valence-electron chi connectivity index (χ0n) is 14.6. The summed E-state index contributed by atoms with van der Waals surface area (Å²) in [5.41, 5.74) is 7.15. The van der Waals surface area contributed by atoms with Gasteiger partial charge in [0.15, 0.2) is 0 Å². The fourth-order valence-corrected chi connectivity index (χ4v) is 3.31. The number of hydrazine groups is 1. The molecule has 7 nitrogen and oxygen atoms in total. The second kappa shape index (κ2) is 9.26. The summed E-state index contributed by atoms with van der Waals surface area (Å²) in [4.78, 5) is 16.4. The molecule has 2 unspecified atom stereocenters. The van der Waals surface area contributed by atoms with Gasteiger partial charge in [-0.25, -0.2) is 5.43 Å². The lowest BCUT2D eigenvalue weighted by atomic mass is 10.2. The number of aliphatic hydroxyl groups is 1. The number of hydrogen-bond acceptors (Lipinski definition) is 6. The second-order valence-electron chi connectivity index (χ2n) is 6.69. The monoisotopic (exact) mass is 348 g/mol. The largest absolute Gasteiger partial charge is 0.390 e. The Hall–Kier alpha value is -1.51. The molecule has 1 aromatic carbocycles. The van der Waals surface area contributed by atoms with E-state index in [2.05, 4.69) is 15.8 Å². The molecule has 2 atom stereocenters. The zero-order valence-corrected chi connectivity index (χ0v) is 14.6. The first-order valence-corrected chi connectivity index (χ1v) is 9.01. The summed E-state index contributed by atoms with van der Waals surface area (Å²) < 4.78 is 5.73. The molecular formula is C18H28N4O3. The Bertz CT molecular complexity index is 536. The molecule has 0 aromatic heterocycles. The Morgan fingerprint density at radius 3 is 2.84 bits per heavy atom. The fourth-order valence-electron chi connectivity index (χ4n) is 3.31. The molecule has 0 spiro atoms. The van der Waals surface area contributed by atoms with Gasteiger partial charge in [-0.05, 0) is 12.0 Å². The summed E-state index contributed by atoms with van der Waals surface area (Å²) in [6, 6.07) is 9.92. The van der Waals surface area contributed by atoms with Crippen LogP contribution in [0.1, 0.15) is 12.0 Å². The van der Waals surface area contributed by atoms with Gasteiger partial charge in [0, 0.05) is 39.3 Å². The van der Waals surface area contributed by atoms with E-state index in [1.165, 1.54) is 0 Å². The Labute approximate surface area is 148 Å². The van der Waals surface area contributed by atoms with Crippen LogP contribution in [0.25, 0.3) is 0 Å². The fraction of sp³-hybridized carbons (Fsp3) is 0.611. The molecule has 0 bridgehead atoms. The van der Waals surface area contributed by atoms with Crippen molar-refractivity contribution in [1.82, 2.24) is 20.7 Å². The van der Waals surface area contributed by atoms with Gasteiger partial charge in [0.05, 0.1) is 19.3 Å². The van der Waals surface area contributed by atoms with Crippen molar-refractivity contribution in [2.24, 2.45) is 0 Å². The summed E-state index contributed by atoms with van der Waals surface area (Å²) in [5.74, 6) is 0.0752. The van der Waals surface area contributed by atoms with Gasteiger partial charge in [-0.1, -0.05) is 30.3 Å². The number of ether oxygens (including phenoxy) is 1. The van der Waals surface area contributed by atoms with E-state index in [-0.39, 0.29) is 11.9 Å². The topological polar surface area (TPSA) is 77.1 Å². The van der Waals surface area contributed by atoms with E-state index in [0.717, 1.165) is 31.6 Å². The highest BCUT2D eigenvalue weighted by molar-refractivity contribution is 5.82. The van der Waals surface area contributed by atoms with Crippen molar-refractivity contribution in [3.05, 3.63) is 35.9 Å². The van der Waals surface area contributed by atoms with Gasteiger partial charge in [-0.3, -0.25) is 15.1 Å². The molecule has 2 aliphatic rings. The van der Waals surface area contributed by atoms with Gasteiger partial charge in [0.25, 0.3) is 0 Å². The van der Waals surface area contributed by atoms with E-state index in [1.807, 2.05) is 30.3 Å². The molecule has 25 heavy (non-hydrogen) atoms.